The summed E-state index contributed by atoms with van der Waals surface area (Å²) < 4.78 is 5.14. The third-order valence-corrected chi connectivity index (χ3v) is 2.26. The molecular formula is C10H17ClN4O2. The highest BCUT2D eigenvalue weighted by atomic mass is 35.5. The molecule has 0 saturated carbocycles. The van der Waals surface area contributed by atoms with Gasteiger partial charge >= 0.3 is 6.01 Å². The number of hydrogen-bond acceptors (Lipinski definition) is 6. The Morgan fingerprint density at radius 3 is 2.76 bits per heavy atom. The van der Waals surface area contributed by atoms with Crippen LogP contribution in [0.2, 0.25) is 5.28 Å². The number of nitrogens with one attached hydrogen (secondary N) is 1. The standard InChI is InChI=1S/C10H17ClN4O2/c1-3-7(16)5-6-12-9-13-8(11)14-10(15-9)17-4-2/h7,16H,3-6H2,1-2H3,(H,12,13,14,15). The van der Waals surface area contributed by atoms with E-state index in [1.54, 1.807) is 0 Å². The summed E-state index contributed by atoms with van der Waals surface area (Å²) in [6.45, 7) is 4.80. The highest BCUT2D eigenvalue weighted by Gasteiger charge is 2.06. The normalized spacial score (nSPS) is 12.2. The highest BCUT2D eigenvalue weighted by Crippen LogP contribution is 2.11. The van der Waals surface area contributed by atoms with Crippen LogP contribution in [0, 0.1) is 0 Å². The number of aliphatic hydroxyl groups is 1. The van der Waals surface area contributed by atoms with Crippen LogP contribution >= 0.6 is 11.6 Å². The molecule has 96 valence electrons. The van der Waals surface area contributed by atoms with Crippen molar-refractivity contribution in [1.82, 2.24) is 15.0 Å². The van der Waals surface area contributed by atoms with Crippen molar-refractivity contribution in [2.45, 2.75) is 32.8 Å². The lowest BCUT2D eigenvalue weighted by Crippen LogP contribution is -2.14. The van der Waals surface area contributed by atoms with E-state index < -0.39 is 0 Å². The monoisotopic (exact) mass is 260 g/mol. The summed E-state index contributed by atoms with van der Waals surface area (Å²) in [6, 6.07) is 0.200. The Hall–Kier alpha value is -1.14. The smallest absolute Gasteiger partial charge is 0.322 e. The predicted molar refractivity (Wildman–Crippen MR) is 65.4 cm³/mol. The zero-order valence-electron chi connectivity index (χ0n) is 9.98. The van der Waals surface area contributed by atoms with Gasteiger partial charge in [-0.25, -0.2) is 0 Å². The first kappa shape index (κ1) is 13.9. The highest BCUT2D eigenvalue weighted by molar-refractivity contribution is 6.28. The Balaban J connectivity index is 2.52. The maximum absolute atomic E-state index is 9.39. The van der Waals surface area contributed by atoms with Gasteiger partial charge in [-0.3, -0.25) is 0 Å². The van der Waals surface area contributed by atoms with Crippen molar-refractivity contribution >= 4 is 17.5 Å². The number of hydrogen-bond donors (Lipinski definition) is 2. The van der Waals surface area contributed by atoms with Gasteiger partial charge < -0.3 is 15.2 Å². The van der Waals surface area contributed by atoms with Crippen LogP contribution in [0.5, 0.6) is 6.01 Å². The lowest BCUT2D eigenvalue weighted by Gasteiger charge is -2.09. The van der Waals surface area contributed by atoms with Crippen molar-refractivity contribution in [3.8, 4) is 6.01 Å². The van der Waals surface area contributed by atoms with Gasteiger partial charge in [-0.15, -0.1) is 0 Å². The molecule has 6 nitrogen and oxygen atoms in total. The van der Waals surface area contributed by atoms with Gasteiger partial charge in [0, 0.05) is 6.54 Å². The third-order valence-electron chi connectivity index (χ3n) is 2.09. The molecular weight excluding hydrogens is 244 g/mol. The number of aliphatic hydroxyl groups excluding tert-OH is 1. The summed E-state index contributed by atoms with van der Waals surface area (Å²) >= 11 is 5.72. The molecule has 17 heavy (non-hydrogen) atoms. The molecule has 2 N–H and O–H groups in total. The van der Waals surface area contributed by atoms with E-state index >= 15 is 0 Å². The van der Waals surface area contributed by atoms with Crippen molar-refractivity contribution in [3.63, 3.8) is 0 Å². The van der Waals surface area contributed by atoms with Crippen LogP contribution in [0.3, 0.4) is 0 Å². The fourth-order valence-electron chi connectivity index (χ4n) is 1.16. The summed E-state index contributed by atoms with van der Waals surface area (Å²) in [5, 5.41) is 12.4. The molecule has 0 aliphatic heterocycles. The summed E-state index contributed by atoms with van der Waals surface area (Å²) in [4.78, 5) is 11.7. The maximum Gasteiger partial charge on any atom is 0.322 e. The second kappa shape index (κ2) is 7.24. The summed E-state index contributed by atoms with van der Waals surface area (Å²) in [7, 11) is 0. The fraction of sp³-hybridized carbons (Fsp3) is 0.700. The Kier molecular flexibility index (Phi) is 5.93. The van der Waals surface area contributed by atoms with Crippen LogP contribution < -0.4 is 10.1 Å². The molecule has 0 aromatic carbocycles. The molecule has 1 aromatic heterocycles. The number of anilines is 1. The van der Waals surface area contributed by atoms with E-state index in [9.17, 15) is 5.11 Å². The van der Waals surface area contributed by atoms with Crippen LogP contribution in [0.1, 0.15) is 26.7 Å². The summed E-state index contributed by atoms with van der Waals surface area (Å²) in [5.41, 5.74) is 0. The van der Waals surface area contributed by atoms with Gasteiger partial charge in [-0.2, -0.15) is 15.0 Å². The molecule has 0 spiro atoms. The molecule has 0 aliphatic carbocycles. The zero-order chi connectivity index (χ0) is 12.7. The van der Waals surface area contributed by atoms with Gasteiger partial charge in [0.05, 0.1) is 12.7 Å². The molecule has 0 amide bonds. The first-order valence-corrected chi connectivity index (χ1v) is 5.99. The molecule has 7 heteroatoms. The second-order valence-corrected chi connectivity index (χ2v) is 3.76. The van der Waals surface area contributed by atoms with Gasteiger partial charge in [-0.05, 0) is 31.4 Å². The number of rotatable bonds is 7. The second-order valence-electron chi connectivity index (χ2n) is 3.42. The van der Waals surface area contributed by atoms with Crippen LogP contribution in [0.4, 0.5) is 5.95 Å². The SMILES string of the molecule is CCOc1nc(Cl)nc(NCCC(O)CC)n1. The average Bonchev–Trinajstić information content (AvgIpc) is 2.28. The van der Waals surface area contributed by atoms with Gasteiger partial charge in [0.15, 0.2) is 0 Å². The van der Waals surface area contributed by atoms with E-state index in [-0.39, 0.29) is 17.4 Å². The lowest BCUT2D eigenvalue weighted by molar-refractivity contribution is 0.164. The molecule has 0 aliphatic rings. The van der Waals surface area contributed by atoms with E-state index in [1.807, 2.05) is 13.8 Å². The van der Waals surface area contributed by atoms with Crippen molar-refractivity contribution < 1.29 is 9.84 Å². The first-order valence-electron chi connectivity index (χ1n) is 5.62. The van der Waals surface area contributed by atoms with E-state index in [4.69, 9.17) is 16.3 Å². The summed E-state index contributed by atoms with van der Waals surface area (Å²) in [6.07, 6.45) is 1.04. The minimum absolute atomic E-state index is 0.0852. The maximum atomic E-state index is 9.39. The Bertz CT molecular complexity index is 351. The minimum atomic E-state index is -0.314. The molecule has 0 fully saturated rings. The Morgan fingerprint density at radius 1 is 1.35 bits per heavy atom. The fourth-order valence-corrected chi connectivity index (χ4v) is 1.31. The third kappa shape index (κ3) is 5.14. The quantitative estimate of drug-likeness (QED) is 0.773. The van der Waals surface area contributed by atoms with Gasteiger partial charge in [0.25, 0.3) is 0 Å². The number of halogens is 1. The van der Waals surface area contributed by atoms with Crippen molar-refractivity contribution in [2.24, 2.45) is 0 Å². The molecule has 0 saturated heterocycles. The van der Waals surface area contributed by atoms with Crippen LogP contribution in [-0.2, 0) is 0 Å². The summed E-state index contributed by atoms with van der Waals surface area (Å²) in [5.74, 6) is 0.358. The van der Waals surface area contributed by atoms with E-state index in [0.717, 1.165) is 6.42 Å². The predicted octanol–water partition coefficient (Wildman–Crippen LogP) is 1.50. The molecule has 1 rings (SSSR count). The van der Waals surface area contributed by atoms with E-state index in [1.165, 1.54) is 0 Å². The van der Waals surface area contributed by atoms with Crippen molar-refractivity contribution in [2.75, 3.05) is 18.5 Å². The number of aromatic nitrogens is 3. The molecule has 0 bridgehead atoms. The largest absolute Gasteiger partial charge is 0.464 e. The molecule has 1 atom stereocenters. The van der Waals surface area contributed by atoms with Gasteiger partial charge in [0.1, 0.15) is 0 Å². The Morgan fingerprint density at radius 2 is 2.12 bits per heavy atom. The van der Waals surface area contributed by atoms with E-state index in [2.05, 4.69) is 20.3 Å². The molecule has 1 aromatic rings. The van der Waals surface area contributed by atoms with Crippen LogP contribution in [0.25, 0.3) is 0 Å². The van der Waals surface area contributed by atoms with Crippen molar-refractivity contribution in [1.29, 1.82) is 0 Å². The number of nitrogens with zero attached hydrogens (tertiary/aromatic N) is 3. The topological polar surface area (TPSA) is 80.2 Å². The average molecular weight is 261 g/mol. The molecule has 1 heterocycles. The lowest BCUT2D eigenvalue weighted by atomic mass is 10.2. The first-order chi connectivity index (χ1) is 8.15. The minimum Gasteiger partial charge on any atom is -0.464 e. The number of ether oxygens (including phenoxy) is 1. The van der Waals surface area contributed by atoms with Gasteiger partial charge in [0.2, 0.25) is 11.2 Å². The zero-order valence-corrected chi connectivity index (χ0v) is 10.7. The van der Waals surface area contributed by atoms with Crippen LogP contribution in [-0.4, -0.2) is 39.3 Å². The molecule has 0 radical (unpaired) electrons. The molecule has 1 unspecified atom stereocenters. The van der Waals surface area contributed by atoms with Crippen molar-refractivity contribution in [3.05, 3.63) is 5.28 Å². The van der Waals surface area contributed by atoms with Gasteiger partial charge in [-0.1, -0.05) is 6.92 Å². The Labute approximate surface area is 105 Å². The van der Waals surface area contributed by atoms with E-state index in [0.29, 0.717) is 25.5 Å². The van der Waals surface area contributed by atoms with Crippen LogP contribution in [0.15, 0.2) is 0 Å².